The van der Waals surface area contributed by atoms with Crippen LogP contribution in [0.4, 0.5) is 4.39 Å². The second-order valence-electron chi connectivity index (χ2n) is 6.03. The van der Waals surface area contributed by atoms with E-state index in [-0.39, 0.29) is 23.1 Å². The van der Waals surface area contributed by atoms with Crippen LogP contribution in [0.3, 0.4) is 0 Å². The predicted octanol–water partition coefficient (Wildman–Crippen LogP) is 2.87. The van der Waals surface area contributed by atoms with Crippen molar-refractivity contribution in [2.75, 3.05) is 26.2 Å². The molecule has 1 aromatic carbocycles. The second-order valence-corrected chi connectivity index (χ2v) is 7.96. The predicted molar refractivity (Wildman–Crippen MR) is 93.1 cm³/mol. The van der Waals surface area contributed by atoms with Crippen molar-refractivity contribution in [3.63, 3.8) is 0 Å². The Kier molecular flexibility index (Phi) is 7.45. The lowest BCUT2D eigenvalue weighted by Gasteiger charge is -2.31. The quantitative estimate of drug-likeness (QED) is 0.874. The molecule has 0 atom stereocenters. The summed E-state index contributed by atoms with van der Waals surface area (Å²) in [5.74, 6) is 0.200. The fourth-order valence-corrected chi connectivity index (χ4v) is 4.55. The molecule has 132 valence electrons. The summed E-state index contributed by atoms with van der Waals surface area (Å²) in [6.07, 6.45) is 1.73. The summed E-state index contributed by atoms with van der Waals surface area (Å²) in [6.45, 7) is 8.22. The maximum atomic E-state index is 13.7. The van der Waals surface area contributed by atoms with Gasteiger partial charge in [0.05, 0.1) is 4.90 Å². The van der Waals surface area contributed by atoms with E-state index in [9.17, 15) is 12.8 Å². The van der Waals surface area contributed by atoms with Crippen LogP contribution in [0.2, 0.25) is 0 Å². The second kappa shape index (κ2) is 8.42. The Morgan fingerprint density at radius 2 is 1.74 bits per heavy atom. The number of nitrogens with zero attached hydrogens (tertiary/aromatic N) is 1. The van der Waals surface area contributed by atoms with Gasteiger partial charge in [0.15, 0.2) is 0 Å². The van der Waals surface area contributed by atoms with Crippen molar-refractivity contribution in [2.24, 2.45) is 5.92 Å². The zero-order valence-electron chi connectivity index (χ0n) is 13.9. The zero-order valence-corrected chi connectivity index (χ0v) is 15.6. The van der Waals surface area contributed by atoms with Crippen molar-refractivity contribution in [3.8, 4) is 0 Å². The number of rotatable bonds is 5. The monoisotopic (exact) mass is 364 g/mol. The molecule has 1 aromatic rings. The van der Waals surface area contributed by atoms with Gasteiger partial charge < -0.3 is 5.32 Å². The molecule has 23 heavy (non-hydrogen) atoms. The van der Waals surface area contributed by atoms with Crippen LogP contribution < -0.4 is 5.32 Å². The highest BCUT2D eigenvalue weighted by atomic mass is 35.5. The van der Waals surface area contributed by atoms with E-state index in [1.54, 1.807) is 13.8 Å². The summed E-state index contributed by atoms with van der Waals surface area (Å²) in [5.41, 5.74) is 0.751. The smallest absolute Gasteiger partial charge is 0.243 e. The van der Waals surface area contributed by atoms with Crippen LogP contribution in [0.25, 0.3) is 0 Å². The minimum Gasteiger partial charge on any atom is -0.317 e. The van der Waals surface area contributed by atoms with Crippen LogP contribution in [0.5, 0.6) is 0 Å². The SMILES string of the molecule is CCNCC1CCN(S(=O)(=O)c2cc(C)c(F)c(C)c2)CC1.Cl. The molecule has 4 nitrogen and oxygen atoms in total. The summed E-state index contributed by atoms with van der Waals surface area (Å²) in [7, 11) is -3.52. The number of sulfonamides is 1. The summed E-state index contributed by atoms with van der Waals surface area (Å²) in [4.78, 5) is 0.203. The average molecular weight is 365 g/mol. The third kappa shape index (κ3) is 4.66. The van der Waals surface area contributed by atoms with E-state index in [1.807, 2.05) is 0 Å². The van der Waals surface area contributed by atoms with Crippen molar-refractivity contribution in [2.45, 2.75) is 38.5 Å². The van der Waals surface area contributed by atoms with E-state index in [2.05, 4.69) is 12.2 Å². The zero-order chi connectivity index (χ0) is 16.3. The van der Waals surface area contributed by atoms with Gasteiger partial charge in [-0.1, -0.05) is 6.92 Å². The van der Waals surface area contributed by atoms with Gasteiger partial charge >= 0.3 is 0 Å². The highest BCUT2D eigenvalue weighted by Crippen LogP contribution is 2.26. The highest BCUT2D eigenvalue weighted by molar-refractivity contribution is 7.89. The Hall–Kier alpha value is -0.690. The number of nitrogens with one attached hydrogen (secondary N) is 1. The van der Waals surface area contributed by atoms with Crippen LogP contribution in [0.15, 0.2) is 17.0 Å². The van der Waals surface area contributed by atoms with Gasteiger partial charge in [-0.05, 0) is 69.0 Å². The summed E-state index contributed by atoms with van der Waals surface area (Å²) in [6, 6.07) is 2.87. The molecule has 0 saturated carbocycles. The molecule has 0 radical (unpaired) electrons. The van der Waals surface area contributed by atoms with Crippen molar-refractivity contribution >= 4 is 22.4 Å². The average Bonchev–Trinajstić information content (AvgIpc) is 2.50. The number of halogens is 2. The first-order chi connectivity index (χ1) is 10.4. The van der Waals surface area contributed by atoms with E-state index in [4.69, 9.17) is 0 Å². The van der Waals surface area contributed by atoms with E-state index in [0.717, 1.165) is 25.9 Å². The molecule has 0 amide bonds. The third-order valence-electron chi connectivity index (χ3n) is 4.30. The topological polar surface area (TPSA) is 49.4 Å². The third-order valence-corrected chi connectivity index (χ3v) is 6.18. The van der Waals surface area contributed by atoms with Crippen LogP contribution in [-0.2, 0) is 10.0 Å². The molecule has 1 aliphatic rings. The molecule has 1 N–H and O–H groups in total. The molecule has 1 fully saturated rings. The Labute approximate surface area is 144 Å². The molecule has 1 aliphatic heterocycles. The van der Waals surface area contributed by atoms with E-state index in [0.29, 0.717) is 30.1 Å². The number of hydrogen-bond donors (Lipinski definition) is 1. The van der Waals surface area contributed by atoms with Gasteiger partial charge in [0, 0.05) is 13.1 Å². The van der Waals surface area contributed by atoms with Crippen molar-refractivity contribution in [1.82, 2.24) is 9.62 Å². The summed E-state index contributed by atoms with van der Waals surface area (Å²) >= 11 is 0. The standard InChI is InChI=1S/C16H25FN2O2S.ClH/c1-4-18-11-14-5-7-19(8-6-14)22(20,21)15-9-12(2)16(17)13(3)10-15;/h9-10,14,18H,4-8,11H2,1-3H3;1H. The highest BCUT2D eigenvalue weighted by Gasteiger charge is 2.29. The molecule has 0 aromatic heterocycles. The lowest BCUT2D eigenvalue weighted by Crippen LogP contribution is -2.40. The number of benzene rings is 1. The van der Waals surface area contributed by atoms with Crippen LogP contribution in [0.1, 0.15) is 30.9 Å². The lowest BCUT2D eigenvalue weighted by molar-refractivity contribution is 0.268. The number of hydrogen-bond acceptors (Lipinski definition) is 3. The fraction of sp³-hybridized carbons (Fsp3) is 0.625. The van der Waals surface area contributed by atoms with Gasteiger partial charge in [-0.25, -0.2) is 12.8 Å². The van der Waals surface area contributed by atoms with Crippen molar-refractivity contribution < 1.29 is 12.8 Å². The lowest BCUT2D eigenvalue weighted by atomic mass is 9.98. The largest absolute Gasteiger partial charge is 0.317 e. The van der Waals surface area contributed by atoms with Gasteiger partial charge in [-0.3, -0.25) is 0 Å². The molecule has 1 heterocycles. The Bertz CT molecular complexity index is 606. The molecule has 0 spiro atoms. The van der Waals surface area contributed by atoms with Gasteiger partial charge in [-0.15, -0.1) is 12.4 Å². The maximum Gasteiger partial charge on any atom is 0.243 e. The van der Waals surface area contributed by atoms with Crippen molar-refractivity contribution in [3.05, 3.63) is 29.1 Å². The Balaban J connectivity index is 0.00000264. The van der Waals surface area contributed by atoms with Gasteiger partial charge in [0.1, 0.15) is 5.82 Å². The summed E-state index contributed by atoms with van der Waals surface area (Å²) < 4.78 is 40.6. The van der Waals surface area contributed by atoms with Crippen LogP contribution in [0, 0.1) is 25.6 Å². The fourth-order valence-electron chi connectivity index (χ4n) is 2.91. The first-order valence-corrected chi connectivity index (χ1v) is 9.28. The minimum atomic E-state index is -3.52. The van der Waals surface area contributed by atoms with Gasteiger partial charge in [0.25, 0.3) is 0 Å². The normalized spacial score (nSPS) is 17.0. The molecular formula is C16H26ClFN2O2S. The van der Waals surface area contributed by atoms with Gasteiger partial charge in [0.2, 0.25) is 10.0 Å². The van der Waals surface area contributed by atoms with E-state index < -0.39 is 10.0 Å². The van der Waals surface area contributed by atoms with Crippen LogP contribution >= 0.6 is 12.4 Å². The number of piperidine rings is 1. The maximum absolute atomic E-state index is 13.7. The first kappa shape index (κ1) is 20.4. The molecule has 0 aliphatic carbocycles. The van der Waals surface area contributed by atoms with E-state index in [1.165, 1.54) is 16.4 Å². The van der Waals surface area contributed by atoms with Crippen LogP contribution in [-0.4, -0.2) is 38.9 Å². The Morgan fingerprint density at radius 1 is 1.22 bits per heavy atom. The van der Waals surface area contributed by atoms with Gasteiger partial charge in [-0.2, -0.15) is 4.31 Å². The molecule has 0 bridgehead atoms. The Morgan fingerprint density at radius 3 is 2.22 bits per heavy atom. The molecular weight excluding hydrogens is 339 g/mol. The molecule has 1 saturated heterocycles. The summed E-state index contributed by atoms with van der Waals surface area (Å²) in [5, 5.41) is 3.31. The van der Waals surface area contributed by atoms with Crippen molar-refractivity contribution in [1.29, 1.82) is 0 Å². The first-order valence-electron chi connectivity index (χ1n) is 7.84. The van der Waals surface area contributed by atoms with E-state index >= 15 is 0 Å². The number of aryl methyl sites for hydroxylation is 2. The molecule has 0 unspecified atom stereocenters. The molecule has 7 heteroatoms. The molecule has 2 rings (SSSR count). The minimum absolute atomic E-state index is 0.